The molecule has 1 aliphatic carbocycles. The average Bonchev–Trinajstić information content (AvgIpc) is 2.69. The van der Waals surface area contributed by atoms with E-state index in [4.69, 9.17) is 4.74 Å². The lowest BCUT2D eigenvalue weighted by Crippen LogP contribution is -2.29. The number of unbranched alkanes of at least 4 members (excludes halogenated alkanes) is 1. The molecule has 0 bridgehead atoms. The van der Waals surface area contributed by atoms with E-state index in [-0.39, 0.29) is 0 Å². The minimum atomic E-state index is 0.770. The maximum Gasteiger partial charge on any atom is 0.0591 e. The van der Waals surface area contributed by atoms with Crippen molar-refractivity contribution in [2.75, 3.05) is 19.8 Å². The molecule has 0 spiro atoms. The second-order valence-corrected chi connectivity index (χ2v) is 3.98. The van der Waals surface area contributed by atoms with Gasteiger partial charge < -0.3 is 10.1 Å². The van der Waals surface area contributed by atoms with Gasteiger partial charge in [0.15, 0.2) is 0 Å². The van der Waals surface area contributed by atoms with Crippen LogP contribution in [0.5, 0.6) is 0 Å². The number of rotatable bonds is 8. The molecule has 0 aromatic carbocycles. The highest BCUT2D eigenvalue weighted by Gasteiger charge is 2.12. The largest absolute Gasteiger partial charge is 0.380 e. The Morgan fingerprint density at radius 3 is 2.79 bits per heavy atom. The molecular weight excluding hydrogens is 174 g/mol. The summed E-state index contributed by atoms with van der Waals surface area (Å²) >= 11 is 0. The van der Waals surface area contributed by atoms with Crippen LogP contribution in [-0.2, 0) is 4.74 Å². The van der Waals surface area contributed by atoms with E-state index in [9.17, 15) is 0 Å². The van der Waals surface area contributed by atoms with Crippen LogP contribution in [0.15, 0.2) is 12.7 Å². The lowest BCUT2D eigenvalue weighted by molar-refractivity contribution is 0.132. The second kappa shape index (κ2) is 8.01. The minimum Gasteiger partial charge on any atom is -0.380 e. The number of ether oxygens (including phenoxy) is 1. The summed E-state index contributed by atoms with van der Waals surface area (Å²) in [6, 6.07) is 0.770. The van der Waals surface area contributed by atoms with Crippen LogP contribution in [-0.4, -0.2) is 25.8 Å². The minimum absolute atomic E-state index is 0.770. The highest BCUT2D eigenvalue weighted by Crippen LogP contribution is 2.17. The third-order valence-corrected chi connectivity index (χ3v) is 2.73. The molecule has 0 unspecified atom stereocenters. The first-order valence-electron chi connectivity index (χ1n) is 5.85. The first-order chi connectivity index (χ1) is 6.93. The van der Waals surface area contributed by atoms with Crippen LogP contribution < -0.4 is 5.32 Å². The Balaban J connectivity index is 1.77. The molecule has 2 nitrogen and oxygen atoms in total. The van der Waals surface area contributed by atoms with E-state index in [2.05, 4.69) is 11.9 Å². The number of nitrogens with one attached hydrogen (secondary N) is 1. The molecule has 0 aromatic rings. The fourth-order valence-corrected chi connectivity index (χ4v) is 1.90. The Kier molecular flexibility index (Phi) is 6.71. The van der Waals surface area contributed by atoms with Gasteiger partial charge in [-0.25, -0.2) is 0 Å². The van der Waals surface area contributed by atoms with Gasteiger partial charge in [0, 0.05) is 19.2 Å². The summed E-state index contributed by atoms with van der Waals surface area (Å²) in [6.45, 7) is 6.42. The first kappa shape index (κ1) is 11.7. The molecule has 14 heavy (non-hydrogen) atoms. The van der Waals surface area contributed by atoms with Gasteiger partial charge in [0.05, 0.1) is 6.61 Å². The molecule has 0 aromatic heterocycles. The van der Waals surface area contributed by atoms with Crippen molar-refractivity contribution in [1.29, 1.82) is 0 Å². The van der Waals surface area contributed by atoms with Gasteiger partial charge in [0.2, 0.25) is 0 Å². The molecule has 1 saturated carbocycles. The SMILES string of the molecule is C=CCCCOCCNC1CCCC1. The van der Waals surface area contributed by atoms with Gasteiger partial charge in [-0.1, -0.05) is 18.9 Å². The summed E-state index contributed by atoms with van der Waals surface area (Å²) in [5.41, 5.74) is 0. The quantitative estimate of drug-likeness (QED) is 0.477. The van der Waals surface area contributed by atoms with Gasteiger partial charge >= 0.3 is 0 Å². The summed E-state index contributed by atoms with van der Waals surface area (Å²) in [4.78, 5) is 0. The van der Waals surface area contributed by atoms with Crippen molar-refractivity contribution >= 4 is 0 Å². The predicted octanol–water partition coefficient (Wildman–Crippen LogP) is 2.50. The monoisotopic (exact) mass is 197 g/mol. The van der Waals surface area contributed by atoms with Crippen LogP contribution >= 0.6 is 0 Å². The van der Waals surface area contributed by atoms with Gasteiger partial charge in [-0.05, 0) is 25.7 Å². The maximum atomic E-state index is 5.49. The second-order valence-electron chi connectivity index (χ2n) is 3.98. The molecule has 1 N–H and O–H groups in total. The molecule has 1 fully saturated rings. The van der Waals surface area contributed by atoms with Crippen LogP contribution in [0.2, 0.25) is 0 Å². The maximum absolute atomic E-state index is 5.49. The molecule has 1 rings (SSSR count). The molecule has 1 aliphatic rings. The zero-order valence-electron chi connectivity index (χ0n) is 9.13. The molecule has 0 atom stereocenters. The first-order valence-corrected chi connectivity index (χ1v) is 5.85. The molecule has 2 heteroatoms. The molecule has 0 saturated heterocycles. The van der Waals surface area contributed by atoms with Crippen LogP contribution in [0.25, 0.3) is 0 Å². The highest BCUT2D eigenvalue weighted by atomic mass is 16.5. The van der Waals surface area contributed by atoms with Crippen molar-refractivity contribution in [1.82, 2.24) is 5.32 Å². The Morgan fingerprint density at radius 2 is 2.07 bits per heavy atom. The van der Waals surface area contributed by atoms with Gasteiger partial charge in [0.25, 0.3) is 0 Å². The average molecular weight is 197 g/mol. The zero-order chi connectivity index (χ0) is 10.1. The summed E-state index contributed by atoms with van der Waals surface area (Å²) in [7, 11) is 0. The Labute approximate surface area is 87.7 Å². The standard InChI is InChI=1S/C12H23NO/c1-2-3-6-10-14-11-9-13-12-7-4-5-8-12/h2,12-13H,1,3-11H2. The highest BCUT2D eigenvalue weighted by molar-refractivity contribution is 4.73. The van der Waals surface area contributed by atoms with E-state index in [1.54, 1.807) is 0 Å². The van der Waals surface area contributed by atoms with Gasteiger partial charge in [-0.15, -0.1) is 6.58 Å². The summed E-state index contributed by atoms with van der Waals surface area (Å²) < 4.78 is 5.49. The summed E-state index contributed by atoms with van der Waals surface area (Å²) in [5, 5.41) is 3.53. The van der Waals surface area contributed by atoms with Gasteiger partial charge in [-0.3, -0.25) is 0 Å². The molecule has 82 valence electrons. The lowest BCUT2D eigenvalue weighted by atomic mass is 10.2. The van der Waals surface area contributed by atoms with Crippen LogP contribution in [0.4, 0.5) is 0 Å². The fraction of sp³-hybridized carbons (Fsp3) is 0.833. The van der Waals surface area contributed by atoms with E-state index in [1.807, 2.05) is 6.08 Å². The van der Waals surface area contributed by atoms with Gasteiger partial charge in [0.1, 0.15) is 0 Å². The van der Waals surface area contributed by atoms with Crippen LogP contribution in [0.3, 0.4) is 0 Å². The molecule has 0 radical (unpaired) electrons. The van der Waals surface area contributed by atoms with Crippen molar-refractivity contribution < 1.29 is 4.74 Å². The third kappa shape index (κ3) is 5.40. The molecule has 0 amide bonds. The predicted molar refractivity (Wildman–Crippen MR) is 60.5 cm³/mol. The lowest BCUT2D eigenvalue weighted by Gasteiger charge is -2.11. The van der Waals surface area contributed by atoms with Crippen molar-refractivity contribution in [2.45, 2.75) is 44.6 Å². The normalized spacial score (nSPS) is 17.4. The van der Waals surface area contributed by atoms with Crippen molar-refractivity contribution in [3.63, 3.8) is 0 Å². The molecular formula is C12H23NO. The number of hydrogen-bond donors (Lipinski definition) is 1. The topological polar surface area (TPSA) is 21.3 Å². The van der Waals surface area contributed by atoms with E-state index in [0.717, 1.165) is 38.6 Å². The Bertz CT molecular complexity index is 141. The van der Waals surface area contributed by atoms with Gasteiger partial charge in [-0.2, -0.15) is 0 Å². The van der Waals surface area contributed by atoms with E-state index < -0.39 is 0 Å². The van der Waals surface area contributed by atoms with Crippen LogP contribution in [0, 0.1) is 0 Å². The summed E-state index contributed by atoms with van der Waals surface area (Å²) in [6.07, 6.45) is 9.63. The number of hydrogen-bond acceptors (Lipinski definition) is 2. The fourth-order valence-electron chi connectivity index (χ4n) is 1.90. The molecule has 0 aliphatic heterocycles. The van der Waals surface area contributed by atoms with E-state index in [1.165, 1.54) is 25.7 Å². The Hall–Kier alpha value is -0.340. The smallest absolute Gasteiger partial charge is 0.0591 e. The van der Waals surface area contributed by atoms with E-state index >= 15 is 0 Å². The van der Waals surface area contributed by atoms with Crippen molar-refractivity contribution in [2.24, 2.45) is 0 Å². The Morgan fingerprint density at radius 1 is 1.29 bits per heavy atom. The van der Waals surface area contributed by atoms with E-state index in [0.29, 0.717) is 0 Å². The van der Waals surface area contributed by atoms with Crippen molar-refractivity contribution in [3.8, 4) is 0 Å². The summed E-state index contributed by atoms with van der Waals surface area (Å²) in [5.74, 6) is 0. The third-order valence-electron chi connectivity index (χ3n) is 2.73. The molecule has 0 heterocycles. The van der Waals surface area contributed by atoms with Crippen molar-refractivity contribution in [3.05, 3.63) is 12.7 Å². The number of allylic oxidation sites excluding steroid dienone is 1. The van der Waals surface area contributed by atoms with Crippen LogP contribution in [0.1, 0.15) is 38.5 Å². The zero-order valence-corrected chi connectivity index (χ0v) is 9.13.